The van der Waals surface area contributed by atoms with Crippen molar-refractivity contribution in [2.24, 2.45) is 0 Å². The molecule has 7 rings (SSSR count). The predicted molar refractivity (Wildman–Crippen MR) is 148 cm³/mol. The van der Waals surface area contributed by atoms with Gasteiger partial charge in [-0.1, -0.05) is 36.4 Å². The highest BCUT2D eigenvalue weighted by molar-refractivity contribution is 7.91. The first-order valence-corrected chi connectivity index (χ1v) is 14.8. The molecule has 1 atom stereocenters. The van der Waals surface area contributed by atoms with E-state index in [1.165, 1.54) is 6.26 Å². The van der Waals surface area contributed by atoms with Gasteiger partial charge in [0, 0.05) is 30.0 Å². The highest BCUT2D eigenvalue weighted by Gasteiger charge is 2.24. The molecule has 5 heterocycles. The summed E-state index contributed by atoms with van der Waals surface area (Å²) in [7, 11) is -3.42. The van der Waals surface area contributed by atoms with Crippen molar-refractivity contribution in [3.8, 4) is 16.9 Å². The largest absolute Gasteiger partial charge is 0.487 e. The average Bonchev–Trinajstić information content (AvgIpc) is 3.67. The van der Waals surface area contributed by atoms with Crippen LogP contribution in [0.25, 0.3) is 38.6 Å². The number of nitrogens with one attached hydrogen (secondary N) is 1. The third-order valence-corrected chi connectivity index (χ3v) is 8.44. The number of hydrogen-bond acceptors (Lipinski definition) is 6. The maximum atomic E-state index is 12.5. The van der Waals surface area contributed by atoms with E-state index in [4.69, 9.17) is 14.6 Å². The Hall–Kier alpha value is -4.15. The van der Waals surface area contributed by atoms with E-state index < -0.39 is 9.84 Å². The molecule has 1 aliphatic rings. The molecule has 1 N–H and O–H groups in total. The molecular weight excluding hydrogens is 514 g/mol. The van der Waals surface area contributed by atoms with Crippen LogP contribution in [0.3, 0.4) is 0 Å². The first-order valence-electron chi connectivity index (χ1n) is 13.0. The Kier molecular flexibility index (Phi) is 5.67. The molecular formula is C29H27N5O4S. The Balaban J connectivity index is 1.44. The van der Waals surface area contributed by atoms with Gasteiger partial charge in [-0.3, -0.25) is 0 Å². The maximum Gasteiger partial charge on any atom is 0.183 e. The number of pyridine rings is 1. The highest BCUT2D eigenvalue weighted by atomic mass is 32.2. The number of rotatable bonds is 6. The van der Waals surface area contributed by atoms with Crippen LogP contribution in [-0.4, -0.2) is 45.7 Å². The van der Waals surface area contributed by atoms with Gasteiger partial charge in [-0.25, -0.2) is 17.6 Å². The van der Waals surface area contributed by atoms with E-state index >= 15 is 0 Å². The fourth-order valence-corrected chi connectivity index (χ4v) is 6.31. The fourth-order valence-electron chi connectivity index (χ4n) is 5.45. The van der Waals surface area contributed by atoms with E-state index in [0.29, 0.717) is 24.5 Å². The number of hydrogen-bond donors (Lipinski definition) is 1. The first-order chi connectivity index (χ1) is 19.0. The smallest absolute Gasteiger partial charge is 0.183 e. The number of aromatic amines is 1. The molecule has 1 unspecified atom stereocenters. The Morgan fingerprint density at radius 3 is 2.74 bits per heavy atom. The summed E-state index contributed by atoms with van der Waals surface area (Å²) in [6.07, 6.45) is 9.58. The van der Waals surface area contributed by atoms with Crippen LogP contribution < -0.4 is 4.74 Å². The van der Waals surface area contributed by atoms with Crippen LogP contribution >= 0.6 is 0 Å². The second-order valence-electron chi connectivity index (χ2n) is 9.95. The zero-order chi connectivity index (χ0) is 26.6. The molecule has 0 bridgehead atoms. The quantitative estimate of drug-likeness (QED) is 0.298. The van der Waals surface area contributed by atoms with E-state index in [-0.39, 0.29) is 11.1 Å². The molecule has 1 saturated heterocycles. The SMILES string of the molecule is CS(=O)(=O)c1ccc(-c2cc(OCc3ccccc3)cn3nc4c(cnn4C4CCCCO4)c23)c2cc[nH]c12. The molecule has 39 heavy (non-hydrogen) atoms. The minimum absolute atomic E-state index is 0.149. The van der Waals surface area contributed by atoms with Crippen molar-refractivity contribution in [1.29, 1.82) is 0 Å². The minimum atomic E-state index is -3.42. The van der Waals surface area contributed by atoms with Crippen molar-refractivity contribution in [3.05, 3.63) is 78.8 Å². The Morgan fingerprint density at radius 2 is 1.95 bits per heavy atom. The lowest BCUT2D eigenvalue weighted by molar-refractivity contribution is -0.0370. The van der Waals surface area contributed by atoms with Gasteiger partial charge in [-0.15, -0.1) is 5.10 Å². The van der Waals surface area contributed by atoms with Crippen molar-refractivity contribution in [2.45, 2.75) is 37.0 Å². The molecule has 0 amide bonds. The van der Waals surface area contributed by atoms with Gasteiger partial charge >= 0.3 is 0 Å². The summed E-state index contributed by atoms with van der Waals surface area (Å²) >= 11 is 0. The van der Waals surface area contributed by atoms with E-state index in [9.17, 15) is 8.42 Å². The molecule has 2 aromatic carbocycles. The standard InChI is InChI=1S/C29H27N5O4S/c1-39(35,36)25-11-10-21(22-12-13-30-27(22)25)23-15-20(38-18-19-7-3-2-4-8-19)17-33-28(23)24-16-31-34(29(24)32-33)26-9-5-6-14-37-26/h2-4,7-8,10-13,15-17,26,30H,5-6,9,14,18H2,1H3. The number of sulfone groups is 1. The summed E-state index contributed by atoms with van der Waals surface area (Å²) in [6.45, 7) is 1.11. The normalized spacial score (nSPS) is 16.4. The van der Waals surface area contributed by atoms with E-state index in [1.54, 1.807) is 12.3 Å². The van der Waals surface area contributed by atoms with E-state index in [2.05, 4.69) is 10.1 Å². The second kappa shape index (κ2) is 9.25. The predicted octanol–water partition coefficient (Wildman–Crippen LogP) is 5.51. The van der Waals surface area contributed by atoms with Crippen LogP contribution in [0.5, 0.6) is 5.75 Å². The molecule has 0 aliphatic carbocycles. The Bertz CT molecular complexity index is 1930. The van der Waals surface area contributed by atoms with Gasteiger partial charge in [0.05, 0.1) is 33.7 Å². The summed E-state index contributed by atoms with van der Waals surface area (Å²) < 4.78 is 40.9. The van der Waals surface area contributed by atoms with Gasteiger partial charge in [-0.05, 0) is 48.6 Å². The molecule has 10 heteroatoms. The molecule has 198 valence electrons. The van der Waals surface area contributed by atoms with E-state index in [0.717, 1.165) is 57.9 Å². The number of ether oxygens (including phenoxy) is 2. The number of fused-ring (bicyclic) bond motifs is 4. The van der Waals surface area contributed by atoms with Crippen molar-refractivity contribution >= 4 is 37.3 Å². The van der Waals surface area contributed by atoms with Crippen molar-refractivity contribution in [2.75, 3.05) is 12.9 Å². The van der Waals surface area contributed by atoms with Crippen LogP contribution in [-0.2, 0) is 21.2 Å². The topological polar surface area (TPSA) is 104 Å². The summed E-state index contributed by atoms with van der Waals surface area (Å²) in [6, 6.07) is 17.4. The zero-order valence-corrected chi connectivity index (χ0v) is 22.2. The first kappa shape index (κ1) is 23.9. The van der Waals surface area contributed by atoms with Crippen LogP contribution in [0, 0.1) is 0 Å². The van der Waals surface area contributed by atoms with Crippen LogP contribution in [0.4, 0.5) is 0 Å². The molecule has 1 fully saturated rings. The Labute approximate surface area is 224 Å². The summed E-state index contributed by atoms with van der Waals surface area (Å²) in [5, 5.41) is 11.3. The summed E-state index contributed by atoms with van der Waals surface area (Å²) in [4.78, 5) is 3.39. The zero-order valence-electron chi connectivity index (χ0n) is 21.4. The lowest BCUT2D eigenvalue weighted by atomic mass is 10.0. The maximum absolute atomic E-state index is 12.5. The van der Waals surface area contributed by atoms with Crippen LogP contribution in [0.1, 0.15) is 31.1 Å². The van der Waals surface area contributed by atoms with Crippen molar-refractivity contribution in [3.63, 3.8) is 0 Å². The van der Waals surface area contributed by atoms with Gasteiger partial charge in [0.15, 0.2) is 21.7 Å². The lowest BCUT2D eigenvalue weighted by Crippen LogP contribution is -2.19. The summed E-state index contributed by atoms with van der Waals surface area (Å²) in [5.74, 6) is 0.649. The van der Waals surface area contributed by atoms with Gasteiger partial charge < -0.3 is 14.5 Å². The van der Waals surface area contributed by atoms with Gasteiger partial charge in [0.25, 0.3) is 0 Å². The third-order valence-electron chi connectivity index (χ3n) is 7.30. The van der Waals surface area contributed by atoms with Gasteiger partial charge in [0.1, 0.15) is 12.4 Å². The third kappa shape index (κ3) is 4.16. The van der Waals surface area contributed by atoms with Gasteiger partial charge in [0.2, 0.25) is 0 Å². The molecule has 0 saturated carbocycles. The average molecular weight is 542 g/mol. The van der Waals surface area contributed by atoms with Crippen molar-refractivity contribution in [1.82, 2.24) is 24.4 Å². The number of H-pyrrole nitrogens is 1. The molecule has 4 aromatic heterocycles. The molecule has 0 radical (unpaired) electrons. The molecule has 6 aromatic rings. The van der Waals surface area contributed by atoms with Crippen LogP contribution in [0.15, 0.2) is 78.1 Å². The van der Waals surface area contributed by atoms with E-state index in [1.807, 2.05) is 70.1 Å². The number of nitrogens with zero attached hydrogens (tertiary/aromatic N) is 4. The fraction of sp³-hybridized carbons (Fsp3) is 0.241. The lowest BCUT2D eigenvalue weighted by Gasteiger charge is -2.22. The molecule has 0 spiro atoms. The highest BCUT2D eigenvalue weighted by Crippen LogP contribution is 2.39. The monoisotopic (exact) mass is 541 g/mol. The molecule has 1 aliphatic heterocycles. The number of benzene rings is 2. The Morgan fingerprint density at radius 1 is 1.08 bits per heavy atom. The van der Waals surface area contributed by atoms with Crippen molar-refractivity contribution < 1.29 is 17.9 Å². The number of aromatic nitrogens is 5. The second-order valence-corrected chi connectivity index (χ2v) is 11.9. The van der Waals surface area contributed by atoms with Gasteiger partial charge in [-0.2, -0.15) is 5.10 Å². The molecule has 9 nitrogen and oxygen atoms in total. The van der Waals surface area contributed by atoms with Crippen LogP contribution in [0.2, 0.25) is 0 Å². The summed E-state index contributed by atoms with van der Waals surface area (Å²) in [5.41, 5.74) is 4.98. The minimum Gasteiger partial charge on any atom is -0.487 e.